The summed E-state index contributed by atoms with van der Waals surface area (Å²) in [6, 6.07) is 18.3. The molecule has 0 aromatic heterocycles. The Kier molecular flexibility index (Phi) is 6.71. The van der Waals surface area contributed by atoms with Crippen molar-refractivity contribution in [1.82, 2.24) is 5.32 Å². The van der Waals surface area contributed by atoms with Crippen molar-refractivity contribution < 1.29 is 14.2 Å². The third kappa shape index (κ3) is 5.76. The van der Waals surface area contributed by atoms with Gasteiger partial charge in [-0.2, -0.15) is 0 Å². The topological polar surface area (TPSA) is 39.7 Å². The van der Waals surface area contributed by atoms with E-state index >= 15 is 0 Å². The molecule has 3 rings (SSSR count). The molecule has 0 spiro atoms. The molecule has 1 saturated heterocycles. The maximum Gasteiger partial charge on any atom is 0.120 e. The zero-order chi connectivity index (χ0) is 17.3. The largest absolute Gasteiger partial charge is 0.492 e. The first-order valence-electron chi connectivity index (χ1n) is 9.06. The third-order valence-electron chi connectivity index (χ3n) is 4.43. The highest BCUT2D eigenvalue weighted by atomic mass is 16.5. The van der Waals surface area contributed by atoms with Crippen LogP contribution < -0.4 is 14.8 Å². The maximum absolute atomic E-state index is 5.78. The molecule has 4 heteroatoms. The highest BCUT2D eigenvalue weighted by Crippen LogP contribution is 2.19. The van der Waals surface area contributed by atoms with E-state index in [1.165, 1.54) is 6.42 Å². The Morgan fingerprint density at radius 3 is 2.44 bits per heavy atom. The Morgan fingerprint density at radius 2 is 1.76 bits per heavy atom. The lowest BCUT2D eigenvalue weighted by Gasteiger charge is -2.20. The number of hydrogen-bond donors (Lipinski definition) is 1. The minimum absolute atomic E-state index is 0.348. The fourth-order valence-electron chi connectivity index (χ4n) is 2.96. The fourth-order valence-corrected chi connectivity index (χ4v) is 2.96. The Morgan fingerprint density at radius 1 is 1.04 bits per heavy atom. The molecule has 0 saturated carbocycles. The lowest BCUT2D eigenvalue weighted by atomic mass is 10.1. The van der Waals surface area contributed by atoms with Crippen molar-refractivity contribution >= 4 is 0 Å². The van der Waals surface area contributed by atoms with Crippen molar-refractivity contribution in [2.45, 2.75) is 38.5 Å². The molecule has 1 aliphatic heterocycles. The Hall–Kier alpha value is -2.04. The lowest BCUT2D eigenvalue weighted by molar-refractivity contribution is 0.0824. The Balaban J connectivity index is 1.34. The van der Waals surface area contributed by atoms with Gasteiger partial charge in [-0.25, -0.2) is 0 Å². The number of benzene rings is 2. The first kappa shape index (κ1) is 17.8. The summed E-state index contributed by atoms with van der Waals surface area (Å²) >= 11 is 0. The molecule has 1 aliphatic rings. The van der Waals surface area contributed by atoms with Gasteiger partial charge in [-0.15, -0.1) is 0 Å². The first-order chi connectivity index (χ1) is 12.3. The van der Waals surface area contributed by atoms with Crippen LogP contribution in [0.4, 0.5) is 0 Å². The van der Waals surface area contributed by atoms with Gasteiger partial charge in [0, 0.05) is 19.2 Å². The monoisotopic (exact) mass is 341 g/mol. The maximum atomic E-state index is 5.78. The molecule has 0 radical (unpaired) electrons. The van der Waals surface area contributed by atoms with Crippen LogP contribution in [0.25, 0.3) is 0 Å². The molecule has 134 valence electrons. The molecule has 1 heterocycles. The van der Waals surface area contributed by atoms with Gasteiger partial charge >= 0.3 is 0 Å². The van der Waals surface area contributed by atoms with E-state index in [-0.39, 0.29) is 0 Å². The quantitative estimate of drug-likeness (QED) is 0.704. The molecule has 1 N–H and O–H groups in total. The second kappa shape index (κ2) is 9.44. The van der Waals surface area contributed by atoms with Crippen LogP contribution in [0.5, 0.6) is 11.5 Å². The van der Waals surface area contributed by atoms with Crippen molar-refractivity contribution in [3.63, 3.8) is 0 Å². The SMILES string of the molecule is CC(NCCOc1ccc(OCc2ccccc2)cc1)C1CCCO1. The molecule has 25 heavy (non-hydrogen) atoms. The van der Waals surface area contributed by atoms with Gasteiger partial charge in [-0.1, -0.05) is 30.3 Å². The second-order valence-corrected chi connectivity index (χ2v) is 6.39. The van der Waals surface area contributed by atoms with E-state index in [1.807, 2.05) is 42.5 Å². The number of rotatable bonds is 9. The Bertz CT molecular complexity index is 609. The summed E-state index contributed by atoms with van der Waals surface area (Å²) in [5.74, 6) is 1.71. The van der Waals surface area contributed by atoms with Crippen molar-refractivity contribution in [3.05, 3.63) is 60.2 Å². The van der Waals surface area contributed by atoms with Gasteiger partial charge in [0.1, 0.15) is 24.7 Å². The predicted molar refractivity (Wildman–Crippen MR) is 99.1 cm³/mol. The fraction of sp³-hybridized carbons (Fsp3) is 0.429. The number of nitrogens with one attached hydrogen (secondary N) is 1. The van der Waals surface area contributed by atoms with Crippen molar-refractivity contribution in [1.29, 1.82) is 0 Å². The predicted octanol–water partition coefficient (Wildman–Crippen LogP) is 3.80. The molecule has 2 atom stereocenters. The molecular weight excluding hydrogens is 314 g/mol. The lowest BCUT2D eigenvalue weighted by Crippen LogP contribution is -2.39. The summed E-state index contributed by atoms with van der Waals surface area (Å²) in [6.07, 6.45) is 2.67. The van der Waals surface area contributed by atoms with Gasteiger partial charge in [-0.3, -0.25) is 0 Å². The van der Waals surface area contributed by atoms with Crippen LogP contribution in [0.3, 0.4) is 0 Å². The molecule has 0 bridgehead atoms. The molecule has 2 aromatic carbocycles. The van der Waals surface area contributed by atoms with Gasteiger partial charge in [0.15, 0.2) is 0 Å². The average molecular weight is 341 g/mol. The minimum Gasteiger partial charge on any atom is -0.492 e. The van der Waals surface area contributed by atoms with Crippen LogP contribution in [0, 0.1) is 0 Å². The molecule has 0 amide bonds. The number of hydrogen-bond acceptors (Lipinski definition) is 4. The van der Waals surface area contributed by atoms with E-state index in [9.17, 15) is 0 Å². The summed E-state index contributed by atoms with van der Waals surface area (Å²) in [6.45, 7) is 5.10. The summed E-state index contributed by atoms with van der Waals surface area (Å²) < 4.78 is 17.2. The molecule has 0 aliphatic carbocycles. The van der Waals surface area contributed by atoms with Crippen molar-refractivity contribution in [2.75, 3.05) is 19.8 Å². The minimum atomic E-state index is 0.348. The van der Waals surface area contributed by atoms with Gasteiger partial charge in [0.2, 0.25) is 0 Å². The summed E-state index contributed by atoms with van der Waals surface area (Å²) in [5.41, 5.74) is 1.16. The van der Waals surface area contributed by atoms with E-state index in [4.69, 9.17) is 14.2 Å². The van der Waals surface area contributed by atoms with Gasteiger partial charge < -0.3 is 19.5 Å². The van der Waals surface area contributed by atoms with Crippen LogP contribution in [-0.2, 0) is 11.3 Å². The average Bonchev–Trinajstić information content (AvgIpc) is 3.20. The molecular formula is C21H27NO3. The summed E-state index contributed by atoms with van der Waals surface area (Å²) in [7, 11) is 0. The molecule has 1 fully saturated rings. The summed E-state index contributed by atoms with van der Waals surface area (Å²) in [4.78, 5) is 0. The van der Waals surface area contributed by atoms with Crippen LogP contribution in [0.1, 0.15) is 25.3 Å². The molecule has 2 unspecified atom stereocenters. The van der Waals surface area contributed by atoms with E-state index < -0.39 is 0 Å². The van der Waals surface area contributed by atoms with Gasteiger partial charge in [-0.05, 0) is 49.6 Å². The van der Waals surface area contributed by atoms with E-state index in [0.717, 1.165) is 36.6 Å². The van der Waals surface area contributed by atoms with Gasteiger partial charge in [0.25, 0.3) is 0 Å². The highest BCUT2D eigenvalue weighted by Gasteiger charge is 2.21. The first-order valence-corrected chi connectivity index (χ1v) is 9.06. The van der Waals surface area contributed by atoms with Crippen LogP contribution in [0.2, 0.25) is 0 Å². The zero-order valence-electron chi connectivity index (χ0n) is 14.8. The van der Waals surface area contributed by atoms with E-state index in [1.54, 1.807) is 0 Å². The number of ether oxygens (including phenoxy) is 3. The smallest absolute Gasteiger partial charge is 0.120 e. The second-order valence-electron chi connectivity index (χ2n) is 6.39. The normalized spacial score (nSPS) is 18.0. The molecule has 4 nitrogen and oxygen atoms in total. The van der Waals surface area contributed by atoms with Crippen molar-refractivity contribution in [3.8, 4) is 11.5 Å². The van der Waals surface area contributed by atoms with E-state index in [0.29, 0.717) is 25.4 Å². The van der Waals surface area contributed by atoms with Crippen molar-refractivity contribution in [2.24, 2.45) is 0 Å². The zero-order valence-corrected chi connectivity index (χ0v) is 14.8. The highest BCUT2D eigenvalue weighted by molar-refractivity contribution is 5.31. The molecule has 2 aromatic rings. The standard InChI is InChI=1S/C21H27NO3/c1-17(21-8-5-14-24-21)22-13-15-23-19-9-11-20(12-10-19)25-16-18-6-3-2-4-7-18/h2-4,6-7,9-12,17,21-22H,5,8,13-16H2,1H3. The van der Waals surface area contributed by atoms with Crippen LogP contribution in [-0.4, -0.2) is 31.9 Å². The van der Waals surface area contributed by atoms with E-state index in [2.05, 4.69) is 24.4 Å². The third-order valence-corrected chi connectivity index (χ3v) is 4.43. The Labute approximate surface area is 150 Å². The van der Waals surface area contributed by atoms with Gasteiger partial charge in [0.05, 0.1) is 6.10 Å². The van der Waals surface area contributed by atoms with Crippen LogP contribution >= 0.6 is 0 Å². The summed E-state index contributed by atoms with van der Waals surface area (Å²) in [5, 5.41) is 3.47. The van der Waals surface area contributed by atoms with Crippen LogP contribution in [0.15, 0.2) is 54.6 Å².